The zero-order chi connectivity index (χ0) is 63.1. The van der Waals surface area contributed by atoms with Crippen molar-refractivity contribution >= 4 is 11.4 Å². The third-order valence-corrected chi connectivity index (χ3v) is 13.4. The Kier molecular flexibility index (Phi) is 35.7. The van der Waals surface area contributed by atoms with Gasteiger partial charge in [-0.15, -0.1) is 0 Å². The smallest absolute Gasteiger partial charge is 0.0725 e. The van der Waals surface area contributed by atoms with E-state index < -0.39 is 0 Å². The predicted molar refractivity (Wildman–Crippen MR) is 376 cm³/mol. The van der Waals surface area contributed by atoms with Gasteiger partial charge in [0.05, 0.1) is 10.8 Å². The summed E-state index contributed by atoms with van der Waals surface area (Å²) in [4.78, 5) is 0. The second kappa shape index (κ2) is 40.8. The summed E-state index contributed by atoms with van der Waals surface area (Å²) in [5, 5.41) is 0. The Labute approximate surface area is 509 Å². The van der Waals surface area contributed by atoms with Crippen LogP contribution in [0.2, 0.25) is 0 Å². The van der Waals surface area contributed by atoms with E-state index in [0.717, 1.165) is 22.5 Å². The van der Waals surface area contributed by atoms with Gasteiger partial charge in [0.15, 0.2) is 0 Å². The summed E-state index contributed by atoms with van der Waals surface area (Å²) in [6.45, 7) is 24.0. The third kappa shape index (κ3) is 15.6. The molecule has 1 spiro atoms. The fourth-order valence-corrected chi connectivity index (χ4v) is 10.8. The van der Waals surface area contributed by atoms with Crippen molar-refractivity contribution in [1.29, 1.82) is 0 Å². The van der Waals surface area contributed by atoms with E-state index in [1.165, 1.54) is 106 Å². The summed E-state index contributed by atoms with van der Waals surface area (Å²) in [5.74, 6) is 0. The third-order valence-electron chi connectivity index (χ3n) is 13.4. The fourth-order valence-electron chi connectivity index (χ4n) is 10.8. The molecule has 0 bridgehead atoms. The molecule has 0 amide bonds. The molecule has 3 aliphatic carbocycles. The van der Waals surface area contributed by atoms with Crippen LogP contribution in [0.3, 0.4) is 0 Å². The Hall–Kier alpha value is -8.36. The van der Waals surface area contributed by atoms with Gasteiger partial charge in [-0.3, -0.25) is 0 Å². The van der Waals surface area contributed by atoms with E-state index in [9.17, 15) is 0 Å². The molecule has 84 heavy (non-hydrogen) atoms. The minimum atomic E-state index is -0.254. The topological polar surface area (TPSA) is 156 Å². The van der Waals surface area contributed by atoms with Gasteiger partial charge in [0, 0.05) is 11.4 Å². The minimum absolute atomic E-state index is 0.180. The Morgan fingerprint density at radius 3 is 0.560 bits per heavy atom. The van der Waals surface area contributed by atoms with E-state index in [1.54, 1.807) is 0 Å². The first-order valence-corrected chi connectivity index (χ1v) is 30.3. The molecule has 0 fully saturated rings. The van der Waals surface area contributed by atoms with Gasteiger partial charge in [-0.2, -0.15) is 0 Å². The lowest BCUT2D eigenvalue weighted by Gasteiger charge is -2.33. The van der Waals surface area contributed by atoms with Crippen molar-refractivity contribution in [3.63, 3.8) is 0 Å². The van der Waals surface area contributed by atoms with Crippen molar-refractivity contribution < 1.29 is 0 Å². The highest BCUT2D eigenvalue weighted by Crippen LogP contribution is 2.62. The van der Waals surface area contributed by atoms with Crippen LogP contribution in [-0.2, 0) is 10.8 Å². The van der Waals surface area contributed by atoms with Crippen molar-refractivity contribution in [3.8, 4) is 44.5 Å². The van der Waals surface area contributed by atoms with E-state index in [0.29, 0.717) is 0 Å². The van der Waals surface area contributed by atoms with Crippen LogP contribution in [0.4, 0.5) is 11.4 Å². The predicted octanol–water partition coefficient (Wildman–Crippen LogP) is 19.1. The number of nitrogens with two attached hydrogens (primary N) is 6. The Morgan fingerprint density at radius 2 is 0.357 bits per heavy atom. The monoisotopic (exact) mass is 1120 g/mol. The van der Waals surface area contributed by atoms with Crippen molar-refractivity contribution in [2.24, 2.45) is 22.9 Å². The summed E-state index contributed by atoms with van der Waals surface area (Å²) < 4.78 is 0. The molecule has 6 nitrogen and oxygen atoms in total. The molecule has 0 radical (unpaired) electrons. The fraction of sp³-hybridized carbons (Fsp3) is 0.231. The molecule has 13 rings (SSSR count). The quantitative estimate of drug-likeness (QED) is 0.0968. The van der Waals surface area contributed by atoms with Gasteiger partial charge in [0.25, 0.3) is 0 Å². The molecular formula is C78H102N6. The Bertz CT molecular complexity index is 2850. The Morgan fingerprint density at radius 1 is 0.190 bits per heavy atom. The first-order chi connectivity index (χ1) is 41.6. The molecule has 10 aromatic rings. The first-order valence-electron chi connectivity index (χ1n) is 30.3. The zero-order valence-corrected chi connectivity index (χ0v) is 53.7. The van der Waals surface area contributed by atoms with Crippen molar-refractivity contribution in [2.75, 3.05) is 39.7 Å². The average Bonchev–Trinajstić information content (AvgIpc) is 1.70. The summed E-state index contributed by atoms with van der Waals surface area (Å²) >= 11 is 0. The molecule has 0 aliphatic heterocycles. The van der Waals surface area contributed by atoms with Gasteiger partial charge < -0.3 is 34.4 Å². The zero-order valence-electron chi connectivity index (χ0n) is 53.7. The van der Waals surface area contributed by atoms with Crippen LogP contribution in [0.15, 0.2) is 255 Å². The number of hydrogen-bond acceptors (Lipinski definition) is 6. The van der Waals surface area contributed by atoms with E-state index in [1.807, 2.05) is 132 Å². The number of benzene rings is 10. The number of fused-ring (bicyclic) bond motifs is 13. The lowest BCUT2D eigenvalue weighted by molar-refractivity contribution is 0.768. The molecule has 0 saturated carbocycles. The van der Waals surface area contributed by atoms with Crippen molar-refractivity contribution in [3.05, 3.63) is 299 Å². The van der Waals surface area contributed by atoms with Crippen LogP contribution in [0, 0.1) is 0 Å². The van der Waals surface area contributed by atoms with E-state index in [4.69, 9.17) is 11.5 Å². The van der Waals surface area contributed by atoms with E-state index in [-0.39, 0.29) is 10.8 Å². The number of rotatable bonds is 3. The maximum atomic E-state index is 5.61. The largest absolute Gasteiger partial charge is 0.399 e. The van der Waals surface area contributed by atoms with Crippen molar-refractivity contribution in [1.82, 2.24) is 0 Å². The van der Waals surface area contributed by atoms with Gasteiger partial charge in [-0.25, -0.2) is 0 Å². The van der Waals surface area contributed by atoms with Crippen LogP contribution in [0.25, 0.3) is 44.5 Å². The molecule has 0 aromatic heterocycles. The SMILES string of the molecule is CC.CC.CC.CC.CC.CC.CN.CN.CN.CN.Nc1ccc(-c2ccc(N)cc2)cc1.c1ccc(C2(c3ccccc3)c3ccccc3-c3ccccc32)cc1.c1ccc2c(c1)-c1ccccc1C21c2ccccc2-c2ccccc21. The highest BCUT2D eigenvalue weighted by Gasteiger charge is 2.51. The molecular weight excluding hydrogens is 1020 g/mol. The van der Waals surface area contributed by atoms with Crippen molar-refractivity contribution in [2.45, 2.75) is 93.9 Å². The summed E-state index contributed by atoms with van der Waals surface area (Å²) in [6.07, 6.45) is 0. The average molecular weight is 1120 g/mol. The van der Waals surface area contributed by atoms with Crippen LogP contribution in [-0.4, -0.2) is 28.2 Å². The van der Waals surface area contributed by atoms with Crippen LogP contribution >= 0.6 is 0 Å². The first kappa shape index (κ1) is 73.7. The second-order valence-electron chi connectivity index (χ2n) is 16.7. The molecule has 12 N–H and O–H groups in total. The highest BCUT2D eigenvalue weighted by atomic mass is 14.5. The van der Waals surface area contributed by atoms with Gasteiger partial charge >= 0.3 is 0 Å². The van der Waals surface area contributed by atoms with E-state index in [2.05, 4.69) is 229 Å². The number of nitrogen functional groups attached to an aromatic ring is 2. The highest BCUT2D eigenvalue weighted by molar-refractivity contribution is 5.95. The second-order valence-corrected chi connectivity index (χ2v) is 16.7. The molecule has 444 valence electrons. The summed E-state index contributed by atoms with van der Waals surface area (Å²) in [7, 11) is 6.00. The molecule has 0 heterocycles. The van der Waals surface area contributed by atoms with E-state index >= 15 is 0 Å². The molecule has 3 aliphatic rings. The molecule has 0 unspecified atom stereocenters. The van der Waals surface area contributed by atoms with Gasteiger partial charge in [-0.05, 0) is 141 Å². The summed E-state index contributed by atoms with van der Waals surface area (Å²) in [6, 6.07) is 90.7. The maximum Gasteiger partial charge on any atom is 0.0725 e. The minimum Gasteiger partial charge on any atom is -0.399 e. The normalized spacial score (nSPS) is 10.9. The Balaban J connectivity index is 0.000000561. The standard InChI is InChI=1S/C25H16.C25H18.C12H12N2.6C2H6.4CH5N/c1-5-13-21-17(9-1)18-10-2-6-14-22(18)25(21)23-15-7-3-11-19(23)20-12-4-8-16-24(20)25;1-3-11-19(12-4-1)25(20-13-5-2-6-14-20)23-17-9-7-15-21(23)22-16-8-10-18-24(22)25;13-11-5-1-9(2-6-11)10-3-7-12(14)8-4-10;10*1-2/h1-16H;1-18H;1-8H,13-14H2;6*1-2H3;4*2H2,1H3. The van der Waals surface area contributed by atoms with Gasteiger partial charge in [-0.1, -0.05) is 314 Å². The molecule has 10 aromatic carbocycles. The number of hydrogen-bond donors (Lipinski definition) is 6. The molecule has 6 heteroatoms. The molecule has 0 saturated heterocycles. The molecule has 0 atom stereocenters. The summed E-state index contributed by atoms with van der Waals surface area (Å²) in [5.41, 5.74) is 51.8. The van der Waals surface area contributed by atoms with Gasteiger partial charge in [0.1, 0.15) is 0 Å². The lowest BCUT2D eigenvalue weighted by atomic mass is 9.68. The lowest BCUT2D eigenvalue weighted by Crippen LogP contribution is -2.28. The van der Waals surface area contributed by atoms with Gasteiger partial charge in [0.2, 0.25) is 0 Å². The van der Waals surface area contributed by atoms with Crippen LogP contribution in [0.5, 0.6) is 0 Å². The van der Waals surface area contributed by atoms with Crippen LogP contribution < -0.4 is 34.4 Å². The van der Waals surface area contributed by atoms with Crippen LogP contribution in [0.1, 0.15) is 128 Å². The maximum absolute atomic E-state index is 5.61. The number of anilines is 2.